The summed E-state index contributed by atoms with van der Waals surface area (Å²) in [7, 11) is 0. The molecule has 1 aliphatic rings. The number of hydrogen-bond donors (Lipinski definition) is 1. The fourth-order valence-corrected chi connectivity index (χ4v) is 2.22. The van der Waals surface area contributed by atoms with Crippen molar-refractivity contribution in [3.05, 3.63) is 71.5 Å². The van der Waals surface area contributed by atoms with Crippen molar-refractivity contribution >= 4 is 11.6 Å². The Hall–Kier alpha value is -2.69. The Morgan fingerprint density at radius 1 is 1.18 bits per heavy atom. The van der Waals surface area contributed by atoms with E-state index in [4.69, 9.17) is 4.84 Å². The molecule has 1 N–H and O–H groups in total. The molecule has 0 bridgehead atoms. The number of hydrogen-bond acceptors (Lipinski definition) is 3. The van der Waals surface area contributed by atoms with Gasteiger partial charge in [0.15, 0.2) is 0 Å². The minimum atomic E-state index is -0.615. The smallest absolute Gasteiger partial charge is 0.264 e. The fraction of sp³-hybridized carbons (Fsp3) is 0.176. The first-order chi connectivity index (χ1) is 10.7. The summed E-state index contributed by atoms with van der Waals surface area (Å²) in [6.45, 7) is 0.333. The first kappa shape index (κ1) is 14.3. The molecule has 4 nitrogen and oxygen atoms in total. The third kappa shape index (κ3) is 3.31. The highest BCUT2D eigenvalue weighted by atomic mass is 19.1. The fourth-order valence-electron chi connectivity index (χ4n) is 2.22. The number of carbonyl (C=O) groups excluding carboxylic acids is 1. The molecule has 0 spiro atoms. The van der Waals surface area contributed by atoms with E-state index in [1.165, 1.54) is 12.1 Å². The molecule has 2 aromatic carbocycles. The Bertz CT molecular complexity index is 684. The number of rotatable bonds is 4. The highest BCUT2D eigenvalue weighted by Gasteiger charge is 2.28. The molecular formula is C17H15FN2O2. The van der Waals surface area contributed by atoms with Crippen molar-refractivity contribution in [2.24, 2.45) is 5.16 Å². The van der Waals surface area contributed by atoms with Crippen LogP contribution in [-0.2, 0) is 16.2 Å². The van der Waals surface area contributed by atoms with E-state index < -0.39 is 6.10 Å². The number of amides is 1. The van der Waals surface area contributed by atoms with Crippen molar-refractivity contribution in [1.29, 1.82) is 0 Å². The third-order valence-electron chi connectivity index (χ3n) is 3.45. The molecule has 1 heterocycles. The molecule has 1 atom stereocenters. The van der Waals surface area contributed by atoms with Crippen molar-refractivity contribution in [1.82, 2.24) is 5.32 Å². The van der Waals surface area contributed by atoms with Gasteiger partial charge in [-0.15, -0.1) is 0 Å². The second kappa shape index (κ2) is 6.39. The Kier molecular flexibility index (Phi) is 4.14. The van der Waals surface area contributed by atoms with Crippen molar-refractivity contribution in [2.45, 2.75) is 19.1 Å². The largest absolute Gasteiger partial charge is 0.382 e. The summed E-state index contributed by atoms with van der Waals surface area (Å²) >= 11 is 0. The Morgan fingerprint density at radius 3 is 2.64 bits per heavy atom. The lowest BCUT2D eigenvalue weighted by Gasteiger charge is -2.09. The van der Waals surface area contributed by atoms with Gasteiger partial charge in [-0.3, -0.25) is 4.79 Å². The zero-order valence-corrected chi connectivity index (χ0v) is 11.8. The van der Waals surface area contributed by atoms with Gasteiger partial charge < -0.3 is 10.2 Å². The van der Waals surface area contributed by atoms with Crippen LogP contribution in [-0.4, -0.2) is 17.7 Å². The molecule has 5 heteroatoms. The molecule has 0 fully saturated rings. The van der Waals surface area contributed by atoms with Crippen LogP contribution in [0.5, 0.6) is 0 Å². The van der Waals surface area contributed by atoms with E-state index in [0.717, 1.165) is 16.8 Å². The lowest BCUT2D eigenvalue weighted by Crippen LogP contribution is -2.34. The van der Waals surface area contributed by atoms with E-state index in [1.54, 1.807) is 12.1 Å². The SMILES string of the molecule is O=C(NCc1ccc(F)cc1)[C@H]1CC(c2ccccc2)=NO1. The van der Waals surface area contributed by atoms with E-state index >= 15 is 0 Å². The van der Waals surface area contributed by atoms with Crippen LogP contribution in [0, 0.1) is 5.82 Å². The average molecular weight is 298 g/mol. The standard InChI is InChI=1S/C17H15FN2O2/c18-14-8-6-12(7-9-14)11-19-17(21)16-10-15(20-22-16)13-4-2-1-3-5-13/h1-9,16H,10-11H2,(H,19,21)/t16-/m1/s1. The lowest BCUT2D eigenvalue weighted by atomic mass is 10.0. The first-order valence-corrected chi connectivity index (χ1v) is 7.02. The van der Waals surface area contributed by atoms with E-state index in [1.807, 2.05) is 30.3 Å². The van der Waals surface area contributed by atoms with Crippen LogP contribution >= 0.6 is 0 Å². The van der Waals surface area contributed by atoms with Gasteiger partial charge in [0.25, 0.3) is 5.91 Å². The number of nitrogens with zero attached hydrogens (tertiary/aromatic N) is 1. The molecule has 1 amide bonds. The predicted octanol–water partition coefficient (Wildman–Crippen LogP) is 2.64. The minimum Gasteiger partial charge on any atom is -0.382 e. The van der Waals surface area contributed by atoms with Crippen LogP contribution < -0.4 is 5.32 Å². The number of oxime groups is 1. The summed E-state index contributed by atoms with van der Waals surface area (Å²) in [6.07, 6.45) is -0.171. The highest BCUT2D eigenvalue weighted by Crippen LogP contribution is 2.16. The highest BCUT2D eigenvalue weighted by molar-refractivity contribution is 6.04. The maximum absolute atomic E-state index is 12.8. The summed E-state index contributed by atoms with van der Waals surface area (Å²) in [5, 5.41) is 6.75. The summed E-state index contributed by atoms with van der Waals surface area (Å²) in [4.78, 5) is 17.3. The van der Waals surface area contributed by atoms with Crippen molar-refractivity contribution in [3.8, 4) is 0 Å². The minimum absolute atomic E-state index is 0.223. The number of carbonyl (C=O) groups is 1. The summed E-state index contributed by atoms with van der Waals surface area (Å²) in [5.74, 6) is -0.519. The molecule has 0 aliphatic carbocycles. The van der Waals surface area contributed by atoms with Crippen LogP contribution in [0.3, 0.4) is 0 Å². The average Bonchev–Trinajstić information content (AvgIpc) is 3.05. The van der Waals surface area contributed by atoms with Gasteiger partial charge >= 0.3 is 0 Å². The molecule has 2 aromatic rings. The summed E-state index contributed by atoms with van der Waals surface area (Å²) in [5.41, 5.74) is 2.55. The van der Waals surface area contributed by atoms with Crippen molar-refractivity contribution in [2.75, 3.05) is 0 Å². The maximum Gasteiger partial charge on any atom is 0.264 e. The van der Waals surface area contributed by atoms with Crippen molar-refractivity contribution < 1.29 is 14.0 Å². The molecule has 0 radical (unpaired) electrons. The van der Waals surface area contributed by atoms with E-state index in [0.29, 0.717) is 13.0 Å². The molecule has 22 heavy (non-hydrogen) atoms. The van der Waals surface area contributed by atoms with Crippen molar-refractivity contribution in [3.63, 3.8) is 0 Å². The molecule has 0 saturated carbocycles. The summed E-state index contributed by atoms with van der Waals surface area (Å²) < 4.78 is 12.8. The topological polar surface area (TPSA) is 50.7 Å². The zero-order valence-electron chi connectivity index (χ0n) is 11.8. The van der Waals surface area contributed by atoms with E-state index in [9.17, 15) is 9.18 Å². The number of nitrogens with one attached hydrogen (secondary N) is 1. The lowest BCUT2D eigenvalue weighted by molar-refractivity contribution is -0.131. The number of halogens is 1. The molecule has 0 unspecified atom stereocenters. The Morgan fingerprint density at radius 2 is 1.91 bits per heavy atom. The second-order valence-electron chi connectivity index (χ2n) is 5.05. The normalized spacial score (nSPS) is 16.8. The van der Waals surface area contributed by atoms with Gasteiger partial charge in [0.05, 0.1) is 5.71 Å². The van der Waals surface area contributed by atoms with Gasteiger partial charge in [-0.05, 0) is 23.3 Å². The van der Waals surface area contributed by atoms with Crippen LogP contribution in [0.2, 0.25) is 0 Å². The molecular weight excluding hydrogens is 283 g/mol. The molecule has 1 aliphatic heterocycles. The van der Waals surface area contributed by atoms with Gasteiger partial charge in [0.1, 0.15) is 5.82 Å². The molecule has 0 saturated heterocycles. The van der Waals surface area contributed by atoms with Crippen LogP contribution in [0.1, 0.15) is 17.5 Å². The van der Waals surface area contributed by atoms with E-state index in [2.05, 4.69) is 10.5 Å². The maximum atomic E-state index is 12.8. The van der Waals surface area contributed by atoms with Crippen LogP contribution in [0.15, 0.2) is 59.8 Å². The van der Waals surface area contributed by atoms with Gasteiger partial charge in [0.2, 0.25) is 6.10 Å². The van der Waals surface area contributed by atoms with E-state index in [-0.39, 0.29) is 11.7 Å². The second-order valence-corrected chi connectivity index (χ2v) is 5.05. The third-order valence-corrected chi connectivity index (χ3v) is 3.45. The Labute approximate surface area is 127 Å². The van der Waals surface area contributed by atoms with Crippen LogP contribution in [0.25, 0.3) is 0 Å². The molecule has 0 aromatic heterocycles. The van der Waals surface area contributed by atoms with Gasteiger partial charge in [-0.1, -0.05) is 47.6 Å². The monoisotopic (exact) mass is 298 g/mol. The van der Waals surface area contributed by atoms with Gasteiger partial charge in [-0.2, -0.15) is 0 Å². The first-order valence-electron chi connectivity index (χ1n) is 7.02. The van der Waals surface area contributed by atoms with Gasteiger partial charge in [-0.25, -0.2) is 4.39 Å². The molecule has 3 rings (SSSR count). The zero-order chi connectivity index (χ0) is 15.4. The predicted molar refractivity (Wildman–Crippen MR) is 80.7 cm³/mol. The van der Waals surface area contributed by atoms with Crippen LogP contribution in [0.4, 0.5) is 4.39 Å². The summed E-state index contributed by atoms with van der Waals surface area (Å²) in [6, 6.07) is 15.6. The van der Waals surface area contributed by atoms with Gasteiger partial charge in [0, 0.05) is 13.0 Å². The quantitative estimate of drug-likeness (QED) is 0.943. The molecule has 112 valence electrons. The Balaban J connectivity index is 1.53. The number of benzene rings is 2.